The number of rotatable bonds is 3. The Morgan fingerprint density at radius 1 is 1.32 bits per heavy atom. The smallest absolute Gasteiger partial charge is 0.259 e. The van der Waals surface area contributed by atoms with Crippen LogP contribution in [-0.2, 0) is 6.54 Å². The molecule has 0 aromatic carbocycles. The minimum absolute atomic E-state index is 0.0502. The third kappa shape index (κ3) is 3.23. The summed E-state index contributed by atoms with van der Waals surface area (Å²) in [4.78, 5) is 18.4. The first-order chi connectivity index (χ1) is 10.6. The Bertz CT molecular complexity index is 616. The highest BCUT2D eigenvalue weighted by Gasteiger charge is 2.25. The molecule has 0 atom stereocenters. The number of aryl methyl sites for hydroxylation is 2. The summed E-state index contributed by atoms with van der Waals surface area (Å²) < 4.78 is 5.12. The summed E-state index contributed by atoms with van der Waals surface area (Å²) in [6.45, 7) is 8.10. The molecule has 5 nitrogen and oxygen atoms in total. The van der Waals surface area contributed by atoms with Crippen LogP contribution in [0.4, 0.5) is 0 Å². The first-order valence-electron chi connectivity index (χ1n) is 7.62. The first-order valence-corrected chi connectivity index (χ1v) is 8.50. The van der Waals surface area contributed by atoms with Crippen LogP contribution in [0, 0.1) is 13.8 Å². The lowest BCUT2D eigenvalue weighted by molar-refractivity contribution is 0.0759. The Kier molecular flexibility index (Phi) is 4.59. The van der Waals surface area contributed by atoms with E-state index >= 15 is 0 Å². The molecule has 0 radical (unpaired) electrons. The van der Waals surface area contributed by atoms with E-state index in [0.29, 0.717) is 17.0 Å². The number of carbonyl (C=O) groups excluding carboxylic acids is 1. The number of aromatic nitrogens is 1. The molecule has 1 saturated heterocycles. The van der Waals surface area contributed by atoms with Gasteiger partial charge in [-0.15, -0.1) is 11.3 Å². The van der Waals surface area contributed by atoms with Gasteiger partial charge in [-0.2, -0.15) is 0 Å². The fraction of sp³-hybridized carbons (Fsp3) is 0.500. The maximum absolute atomic E-state index is 12.7. The van der Waals surface area contributed by atoms with Crippen LogP contribution >= 0.6 is 11.3 Å². The van der Waals surface area contributed by atoms with Gasteiger partial charge in [0.2, 0.25) is 0 Å². The van der Waals surface area contributed by atoms with Crippen molar-refractivity contribution < 1.29 is 9.32 Å². The molecule has 22 heavy (non-hydrogen) atoms. The third-order valence-corrected chi connectivity index (χ3v) is 4.94. The fourth-order valence-electron chi connectivity index (χ4n) is 2.90. The molecule has 1 amide bonds. The summed E-state index contributed by atoms with van der Waals surface area (Å²) in [6.07, 6.45) is 1.00. The second-order valence-electron chi connectivity index (χ2n) is 5.70. The van der Waals surface area contributed by atoms with Gasteiger partial charge in [0.05, 0.1) is 5.69 Å². The number of hydrogen-bond donors (Lipinski definition) is 0. The van der Waals surface area contributed by atoms with Gasteiger partial charge in [-0.3, -0.25) is 9.69 Å². The van der Waals surface area contributed by atoms with Gasteiger partial charge in [0.1, 0.15) is 11.3 Å². The zero-order valence-corrected chi connectivity index (χ0v) is 13.9. The summed E-state index contributed by atoms with van der Waals surface area (Å²) >= 11 is 1.79. The number of amides is 1. The van der Waals surface area contributed by atoms with Gasteiger partial charge < -0.3 is 9.42 Å². The molecule has 2 aromatic rings. The Labute approximate surface area is 134 Å². The number of thiophene rings is 1. The predicted octanol–water partition coefficient (Wildman–Crippen LogP) is 2.70. The lowest BCUT2D eigenvalue weighted by Crippen LogP contribution is -2.35. The van der Waals surface area contributed by atoms with Gasteiger partial charge in [0.25, 0.3) is 5.91 Å². The second kappa shape index (κ2) is 6.62. The van der Waals surface area contributed by atoms with E-state index < -0.39 is 0 Å². The number of nitrogens with zero attached hydrogens (tertiary/aromatic N) is 3. The summed E-state index contributed by atoms with van der Waals surface area (Å²) in [5.41, 5.74) is 1.31. The van der Waals surface area contributed by atoms with Gasteiger partial charge in [-0.05, 0) is 31.7 Å². The van der Waals surface area contributed by atoms with Crippen LogP contribution in [0.25, 0.3) is 0 Å². The Morgan fingerprint density at radius 2 is 2.18 bits per heavy atom. The van der Waals surface area contributed by atoms with Gasteiger partial charge in [0, 0.05) is 37.6 Å². The van der Waals surface area contributed by atoms with Crippen molar-refractivity contribution in [3.8, 4) is 0 Å². The zero-order valence-electron chi connectivity index (χ0n) is 13.0. The molecule has 1 aliphatic heterocycles. The quantitative estimate of drug-likeness (QED) is 0.873. The first kappa shape index (κ1) is 15.2. The molecule has 2 aromatic heterocycles. The lowest BCUT2D eigenvalue weighted by atomic mass is 10.1. The Balaban J connectivity index is 1.64. The van der Waals surface area contributed by atoms with Crippen LogP contribution < -0.4 is 0 Å². The van der Waals surface area contributed by atoms with Crippen LogP contribution in [0.5, 0.6) is 0 Å². The fourth-order valence-corrected chi connectivity index (χ4v) is 3.65. The van der Waals surface area contributed by atoms with E-state index in [0.717, 1.165) is 39.1 Å². The van der Waals surface area contributed by atoms with Crippen molar-refractivity contribution in [2.45, 2.75) is 26.8 Å². The van der Waals surface area contributed by atoms with Crippen LogP contribution in [-0.4, -0.2) is 47.0 Å². The maximum atomic E-state index is 12.7. The van der Waals surface area contributed by atoms with Crippen molar-refractivity contribution in [2.75, 3.05) is 26.2 Å². The molecule has 1 aliphatic rings. The topological polar surface area (TPSA) is 49.6 Å². The average Bonchev–Trinajstić information content (AvgIpc) is 3.04. The second-order valence-corrected chi connectivity index (χ2v) is 6.73. The highest BCUT2D eigenvalue weighted by Crippen LogP contribution is 2.18. The highest BCUT2D eigenvalue weighted by molar-refractivity contribution is 7.09. The van der Waals surface area contributed by atoms with Gasteiger partial charge in [-0.1, -0.05) is 11.2 Å². The Hall–Kier alpha value is -1.66. The van der Waals surface area contributed by atoms with Crippen molar-refractivity contribution >= 4 is 17.2 Å². The molecule has 6 heteroatoms. The molecule has 0 aliphatic carbocycles. The molecule has 118 valence electrons. The molecule has 0 N–H and O–H groups in total. The van der Waals surface area contributed by atoms with Crippen molar-refractivity contribution in [1.29, 1.82) is 0 Å². The molecule has 0 unspecified atom stereocenters. The van der Waals surface area contributed by atoms with Gasteiger partial charge in [-0.25, -0.2) is 0 Å². The zero-order chi connectivity index (χ0) is 15.5. The predicted molar refractivity (Wildman–Crippen MR) is 86.1 cm³/mol. The van der Waals surface area contributed by atoms with E-state index in [1.54, 1.807) is 18.3 Å². The van der Waals surface area contributed by atoms with Crippen LogP contribution in [0.1, 0.15) is 33.1 Å². The van der Waals surface area contributed by atoms with Crippen molar-refractivity contribution in [3.63, 3.8) is 0 Å². The summed E-state index contributed by atoms with van der Waals surface area (Å²) in [7, 11) is 0. The maximum Gasteiger partial charge on any atom is 0.259 e. The third-order valence-electron chi connectivity index (χ3n) is 4.08. The minimum Gasteiger partial charge on any atom is -0.361 e. The number of carbonyl (C=O) groups is 1. The van der Waals surface area contributed by atoms with Crippen LogP contribution in [0.15, 0.2) is 22.0 Å². The monoisotopic (exact) mass is 319 g/mol. The van der Waals surface area contributed by atoms with E-state index in [1.165, 1.54) is 4.88 Å². The average molecular weight is 319 g/mol. The van der Waals surface area contributed by atoms with Crippen molar-refractivity contribution in [1.82, 2.24) is 15.0 Å². The normalized spacial score (nSPS) is 16.7. The molecule has 3 heterocycles. The lowest BCUT2D eigenvalue weighted by Gasteiger charge is -2.21. The SMILES string of the molecule is Cc1noc(C)c1C(=O)N1CCCN(Cc2cccs2)CC1. The van der Waals surface area contributed by atoms with E-state index in [4.69, 9.17) is 4.52 Å². The minimum atomic E-state index is 0.0502. The summed E-state index contributed by atoms with van der Waals surface area (Å²) in [5.74, 6) is 0.663. The molecular formula is C16H21N3O2S. The molecule has 0 bridgehead atoms. The van der Waals surface area contributed by atoms with E-state index in [2.05, 4.69) is 27.6 Å². The Morgan fingerprint density at radius 3 is 2.86 bits per heavy atom. The van der Waals surface area contributed by atoms with Crippen molar-refractivity contribution in [2.24, 2.45) is 0 Å². The van der Waals surface area contributed by atoms with Crippen molar-refractivity contribution in [3.05, 3.63) is 39.4 Å². The molecule has 3 rings (SSSR count). The number of hydrogen-bond acceptors (Lipinski definition) is 5. The molecule has 0 spiro atoms. The van der Waals surface area contributed by atoms with E-state index in [1.807, 2.05) is 11.8 Å². The van der Waals surface area contributed by atoms with E-state index in [-0.39, 0.29) is 5.91 Å². The molecule has 1 fully saturated rings. The molecule has 0 saturated carbocycles. The van der Waals surface area contributed by atoms with Crippen LogP contribution in [0.3, 0.4) is 0 Å². The summed E-state index contributed by atoms with van der Waals surface area (Å²) in [6, 6.07) is 4.26. The van der Waals surface area contributed by atoms with Crippen LogP contribution in [0.2, 0.25) is 0 Å². The van der Waals surface area contributed by atoms with Gasteiger partial charge >= 0.3 is 0 Å². The molecular weight excluding hydrogens is 298 g/mol. The van der Waals surface area contributed by atoms with Gasteiger partial charge in [0.15, 0.2) is 0 Å². The highest BCUT2D eigenvalue weighted by atomic mass is 32.1. The largest absolute Gasteiger partial charge is 0.361 e. The summed E-state index contributed by atoms with van der Waals surface area (Å²) in [5, 5.41) is 6.00. The van der Waals surface area contributed by atoms with E-state index in [9.17, 15) is 4.79 Å². The standard InChI is InChI=1S/C16H21N3O2S/c1-12-15(13(2)21-17-12)16(20)19-7-4-6-18(8-9-19)11-14-5-3-10-22-14/h3,5,10H,4,6-9,11H2,1-2H3.